The van der Waals surface area contributed by atoms with Gasteiger partial charge in [-0.3, -0.25) is 9.59 Å². The van der Waals surface area contributed by atoms with Gasteiger partial charge in [-0.25, -0.2) is 4.39 Å². The van der Waals surface area contributed by atoms with E-state index in [1.807, 2.05) is 30.9 Å². The minimum Gasteiger partial charge on any atom is -0.491 e. The summed E-state index contributed by atoms with van der Waals surface area (Å²) in [7, 11) is 0. The second-order valence-electron chi connectivity index (χ2n) is 9.72. The molecule has 2 heterocycles. The first-order valence-electron chi connectivity index (χ1n) is 12.4. The number of hydrogen-bond acceptors (Lipinski definition) is 4. The van der Waals surface area contributed by atoms with Crippen molar-refractivity contribution in [2.75, 3.05) is 19.7 Å². The Hall–Kier alpha value is -3.19. The minimum atomic E-state index is -0.476. The van der Waals surface area contributed by atoms with Crippen molar-refractivity contribution >= 4 is 23.2 Å². The predicted molar refractivity (Wildman–Crippen MR) is 141 cm³/mol. The van der Waals surface area contributed by atoms with Crippen molar-refractivity contribution in [3.63, 3.8) is 0 Å². The third-order valence-electron chi connectivity index (χ3n) is 6.63. The lowest BCUT2D eigenvalue weighted by molar-refractivity contribution is -0.136. The molecule has 1 aliphatic rings. The molecule has 0 fully saturated rings. The van der Waals surface area contributed by atoms with Crippen molar-refractivity contribution in [2.45, 2.75) is 52.1 Å². The highest BCUT2D eigenvalue weighted by molar-refractivity contribution is 7.10. The fraction of sp³-hybridized carbons (Fsp3) is 0.379. The lowest BCUT2D eigenvalue weighted by atomic mass is 10.00. The van der Waals surface area contributed by atoms with Crippen molar-refractivity contribution in [3.8, 4) is 5.75 Å². The second-order valence-corrected chi connectivity index (χ2v) is 10.7. The molecule has 3 aromatic rings. The Balaban J connectivity index is 1.51. The Morgan fingerprint density at radius 1 is 1.11 bits per heavy atom. The molecule has 2 aromatic carbocycles. The molecule has 4 rings (SSSR count). The van der Waals surface area contributed by atoms with Crippen LogP contribution in [0.25, 0.3) is 0 Å². The molecule has 190 valence electrons. The molecule has 1 aliphatic heterocycles. The van der Waals surface area contributed by atoms with Gasteiger partial charge in [-0.15, -0.1) is 11.3 Å². The number of halogens is 1. The van der Waals surface area contributed by atoms with E-state index < -0.39 is 5.82 Å². The van der Waals surface area contributed by atoms with Gasteiger partial charge in [0.05, 0.1) is 6.04 Å². The highest BCUT2D eigenvalue weighted by Crippen LogP contribution is 2.34. The zero-order valence-electron chi connectivity index (χ0n) is 21.2. The predicted octanol–water partition coefficient (Wildman–Crippen LogP) is 6.07. The highest BCUT2D eigenvalue weighted by atomic mass is 32.1. The maximum atomic E-state index is 13.7. The van der Waals surface area contributed by atoms with E-state index in [2.05, 4.69) is 37.4 Å². The Kier molecular flexibility index (Phi) is 8.09. The topological polar surface area (TPSA) is 49.9 Å². The van der Waals surface area contributed by atoms with Crippen LogP contribution in [0.15, 0.2) is 60.0 Å². The van der Waals surface area contributed by atoms with Crippen LogP contribution in [-0.4, -0.2) is 47.4 Å². The molecule has 2 amide bonds. The normalized spacial score (nSPS) is 15.2. The average Bonchev–Trinajstić information content (AvgIpc) is 3.34. The molecule has 0 bridgehead atoms. The van der Waals surface area contributed by atoms with Gasteiger partial charge >= 0.3 is 0 Å². The summed E-state index contributed by atoms with van der Waals surface area (Å²) < 4.78 is 19.9. The number of amides is 2. The summed E-state index contributed by atoms with van der Waals surface area (Å²) in [4.78, 5) is 31.3. The van der Waals surface area contributed by atoms with E-state index in [0.29, 0.717) is 19.1 Å². The molecule has 36 heavy (non-hydrogen) atoms. The largest absolute Gasteiger partial charge is 0.491 e. The molecule has 5 nitrogen and oxygen atoms in total. The molecule has 0 aliphatic carbocycles. The number of ether oxygens (including phenoxy) is 1. The van der Waals surface area contributed by atoms with Gasteiger partial charge in [0.2, 0.25) is 5.91 Å². The van der Waals surface area contributed by atoms with E-state index in [1.165, 1.54) is 33.5 Å². The van der Waals surface area contributed by atoms with Crippen LogP contribution in [0.2, 0.25) is 0 Å². The van der Waals surface area contributed by atoms with E-state index >= 15 is 0 Å². The summed E-state index contributed by atoms with van der Waals surface area (Å²) in [6, 6.07) is 15.3. The van der Waals surface area contributed by atoms with Gasteiger partial charge in [0.25, 0.3) is 5.91 Å². The number of fused-ring (bicyclic) bond motifs is 1. The maximum absolute atomic E-state index is 13.7. The second kappa shape index (κ2) is 11.2. The van der Waals surface area contributed by atoms with Gasteiger partial charge in [0.1, 0.15) is 24.7 Å². The minimum absolute atomic E-state index is 0.0773. The molecule has 0 radical (unpaired) electrons. The number of thiophene rings is 1. The van der Waals surface area contributed by atoms with Gasteiger partial charge in [-0.1, -0.05) is 32.0 Å². The van der Waals surface area contributed by atoms with E-state index in [-0.39, 0.29) is 36.0 Å². The van der Waals surface area contributed by atoms with E-state index in [9.17, 15) is 14.0 Å². The summed E-state index contributed by atoms with van der Waals surface area (Å²) in [5, 5.41) is 2.05. The summed E-state index contributed by atoms with van der Waals surface area (Å²) >= 11 is 1.70. The first-order valence-corrected chi connectivity index (χ1v) is 13.3. The fourth-order valence-corrected chi connectivity index (χ4v) is 5.44. The summed E-state index contributed by atoms with van der Waals surface area (Å²) in [6.45, 7) is 8.84. The molecule has 0 saturated heterocycles. The maximum Gasteiger partial charge on any atom is 0.254 e. The first-order chi connectivity index (χ1) is 17.2. The van der Waals surface area contributed by atoms with Gasteiger partial charge in [0.15, 0.2) is 0 Å². The third kappa shape index (κ3) is 5.78. The van der Waals surface area contributed by atoms with E-state index in [1.54, 1.807) is 17.4 Å². The quantitative estimate of drug-likeness (QED) is 0.371. The zero-order chi connectivity index (χ0) is 25.8. The molecule has 0 N–H and O–H groups in total. The van der Waals surface area contributed by atoms with Crippen molar-refractivity contribution < 1.29 is 18.7 Å². The lowest BCUT2D eigenvalue weighted by Gasteiger charge is -2.37. The van der Waals surface area contributed by atoms with E-state index in [0.717, 1.165) is 17.7 Å². The van der Waals surface area contributed by atoms with Gasteiger partial charge in [0, 0.05) is 23.0 Å². The van der Waals surface area contributed by atoms with Crippen LogP contribution < -0.4 is 4.74 Å². The number of rotatable bonds is 8. The van der Waals surface area contributed by atoms with Crippen LogP contribution in [0.5, 0.6) is 5.75 Å². The molecule has 7 heteroatoms. The van der Waals surface area contributed by atoms with Gasteiger partial charge < -0.3 is 14.5 Å². The van der Waals surface area contributed by atoms with Crippen LogP contribution in [0, 0.1) is 5.82 Å². The summed E-state index contributed by atoms with van der Waals surface area (Å²) in [6.07, 6.45) is 0.776. The number of nitrogens with zero attached hydrogens (tertiary/aromatic N) is 2. The molecule has 0 spiro atoms. The van der Waals surface area contributed by atoms with Crippen LogP contribution in [0.1, 0.15) is 66.0 Å². The Bertz CT molecular complexity index is 1210. The molecule has 1 aromatic heterocycles. The number of hydrogen-bond donors (Lipinski definition) is 0. The highest BCUT2D eigenvalue weighted by Gasteiger charge is 2.34. The zero-order valence-corrected chi connectivity index (χ0v) is 22.1. The van der Waals surface area contributed by atoms with Gasteiger partial charge in [-0.2, -0.15) is 0 Å². The van der Waals surface area contributed by atoms with Crippen molar-refractivity contribution in [2.24, 2.45) is 0 Å². The average molecular weight is 509 g/mol. The summed E-state index contributed by atoms with van der Waals surface area (Å²) in [5.41, 5.74) is 2.58. The Morgan fingerprint density at radius 3 is 2.53 bits per heavy atom. The smallest absolute Gasteiger partial charge is 0.254 e. The molecule has 1 unspecified atom stereocenters. The molecule has 1 atom stereocenters. The van der Waals surface area contributed by atoms with Crippen molar-refractivity contribution in [1.82, 2.24) is 9.80 Å². The molecular weight excluding hydrogens is 475 g/mol. The van der Waals surface area contributed by atoms with Crippen LogP contribution in [0.4, 0.5) is 4.39 Å². The molecular formula is C29H33FN2O3S. The summed E-state index contributed by atoms with van der Waals surface area (Å²) in [5.74, 6) is 0.228. The van der Waals surface area contributed by atoms with Crippen molar-refractivity contribution in [1.29, 1.82) is 0 Å². The number of benzene rings is 2. The Morgan fingerprint density at radius 2 is 1.86 bits per heavy atom. The van der Waals surface area contributed by atoms with Crippen molar-refractivity contribution in [3.05, 3.63) is 87.4 Å². The number of carbonyl (C=O) groups excluding carboxylic acids is 2. The standard InChI is InChI=1S/C29H33FN2O3S/c1-19(2)21-8-10-24(11-9-21)35-18-26-25-13-15-36-27(25)12-14-31(26)28(33)17-32(20(3)4)29(34)22-6-5-7-23(30)16-22/h5-11,13,15-16,19-20,26H,12,14,17-18H2,1-4H3. The first kappa shape index (κ1) is 25.9. The molecule has 0 saturated carbocycles. The van der Waals surface area contributed by atoms with Crippen LogP contribution in [0.3, 0.4) is 0 Å². The third-order valence-corrected chi connectivity index (χ3v) is 7.63. The SMILES string of the molecule is CC(C)c1ccc(OCC2c3ccsc3CCN2C(=O)CN(C(=O)c2cccc(F)c2)C(C)C)cc1. The van der Waals surface area contributed by atoms with Gasteiger partial charge in [-0.05, 0) is 79.1 Å². The van der Waals surface area contributed by atoms with Crippen LogP contribution >= 0.6 is 11.3 Å². The van der Waals surface area contributed by atoms with E-state index in [4.69, 9.17) is 4.74 Å². The van der Waals surface area contributed by atoms with Crippen LogP contribution in [-0.2, 0) is 11.2 Å². The lowest BCUT2D eigenvalue weighted by Crippen LogP contribution is -2.49. The fourth-order valence-electron chi connectivity index (χ4n) is 4.51. The number of carbonyl (C=O) groups is 2. The Labute approximate surface area is 216 Å². The monoisotopic (exact) mass is 508 g/mol.